The molecule has 0 spiro atoms. The van der Waals surface area contributed by atoms with Crippen LogP contribution < -0.4 is 10.6 Å². The van der Waals surface area contributed by atoms with Crippen LogP contribution in [-0.4, -0.2) is 81.6 Å². The second-order valence-electron chi connectivity index (χ2n) is 8.16. The van der Waals surface area contributed by atoms with Gasteiger partial charge in [-0.2, -0.15) is 0 Å². The van der Waals surface area contributed by atoms with E-state index in [4.69, 9.17) is 0 Å². The molecule has 2 aliphatic rings. The topological polar surface area (TPSA) is 81.8 Å². The van der Waals surface area contributed by atoms with Gasteiger partial charge in [-0.25, -0.2) is 13.2 Å². The molecule has 2 amide bonds. The Morgan fingerprint density at radius 3 is 2.50 bits per heavy atom. The van der Waals surface area contributed by atoms with E-state index in [2.05, 4.69) is 34.5 Å². The molecule has 0 radical (unpaired) electrons. The number of carbonyl (C=O) groups is 1. The predicted molar refractivity (Wildman–Crippen MR) is 111 cm³/mol. The van der Waals surface area contributed by atoms with Gasteiger partial charge >= 0.3 is 6.03 Å². The summed E-state index contributed by atoms with van der Waals surface area (Å²) in [6.07, 6.45) is 2.74. The third-order valence-corrected chi connectivity index (χ3v) is 7.62. The van der Waals surface area contributed by atoms with E-state index in [1.807, 2.05) is 30.3 Å². The average molecular weight is 409 g/mol. The fourth-order valence-electron chi connectivity index (χ4n) is 4.09. The second-order valence-corrected chi connectivity index (χ2v) is 10.4. The van der Waals surface area contributed by atoms with Crippen LogP contribution in [0.15, 0.2) is 30.3 Å². The Morgan fingerprint density at radius 2 is 1.89 bits per heavy atom. The molecule has 0 aliphatic carbocycles. The Morgan fingerprint density at radius 1 is 1.21 bits per heavy atom. The number of nitrogens with one attached hydrogen (secondary N) is 2. The smallest absolute Gasteiger partial charge is 0.315 e. The molecular formula is C20H32N4O3S. The lowest BCUT2D eigenvalue weighted by molar-refractivity contribution is 0.134. The van der Waals surface area contributed by atoms with Crippen LogP contribution in [0, 0.1) is 0 Å². The van der Waals surface area contributed by atoms with Crippen LogP contribution in [0.25, 0.3) is 0 Å². The van der Waals surface area contributed by atoms with Crippen LogP contribution in [0.4, 0.5) is 4.79 Å². The highest BCUT2D eigenvalue weighted by Gasteiger charge is 2.30. The van der Waals surface area contributed by atoms with Gasteiger partial charge in [0.05, 0.1) is 17.5 Å². The van der Waals surface area contributed by atoms with Gasteiger partial charge in [0.2, 0.25) is 0 Å². The number of hydrogen-bond donors (Lipinski definition) is 2. The summed E-state index contributed by atoms with van der Waals surface area (Å²) in [4.78, 5) is 17.2. The molecule has 28 heavy (non-hydrogen) atoms. The Bertz CT molecular complexity index is 748. The standard InChI is InChI=1S/C20H32N4O3S/c1-23-11-8-18(9-12-23)24(2)14-19(16-6-4-3-5-7-16)22-20(25)21-17-10-13-28(26,27)15-17/h3-7,17-19H,8-15H2,1-2H3,(H2,21,22,25)/t17-,19-/m1/s1. The lowest BCUT2D eigenvalue weighted by Crippen LogP contribution is -2.48. The van der Waals surface area contributed by atoms with Gasteiger partial charge in [0.15, 0.2) is 9.84 Å². The highest BCUT2D eigenvalue weighted by molar-refractivity contribution is 7.91. The highest BCUT2D eigenvalue weighted by atomic mass is 32.2. The minimum atomic E-state index is -3.01. The summed E-state index contributed by atoms with van der Waals surface area (Å²) in [7, 11) is 1.26. The first-order valence-corrected chi connectivity index (χ1v) is 11.9. The van der Waals surface area contributed by atoms with Crippen LogP contribution in [0.3, 0.4) is 0 Å². The van der Waals surface area contributed by atoms with Gasteiger partial charge < -0.3 is 20.4 Å². The Kier molecular flexibility index (Phi) is 6.95. The molecule has 0 saturated carbocycles. The molecule has 2 heterocycles. The van der Waals surface area contributed by atoms with Crippen molar-refractivity contribution >= 4 is 15.9 Å². The van der Waals surface area contributed by atoms with E-state index in [1.54, 1.807) is 0 Å². The minimum Gasteiger partial charge on any atom is -0.334 e. The SMILES string of the molecule is CN1CCC(N(C)C[C@@H](NC(=O)N[C@@H]2CCS(=O)(=O)C2)c2ccccc2)CC1. The van der Waals surface area contributed by atoms with Crippen molar-refractivity contribution < 1.29 is 13.2 Å². The van der Waals surface area contributed by atoms with E-state index in [9.17, 15) is 13.2 Å². The highest BCUT2D eigenvalue weighted by Crippen LogP contribution is 2.20. The third-order valence-electron chi connectivity index (χ3n) is 5.86. The number of carbonyl (C=O) groups excluding carboxylic acids is 1. The van der Waals surface area contributed by atoms with Crippen molar-refractivity contribution in [2.24, 2.45) is 0 Å². The second kappa shape index (κ2) is 9.24. The van der Waals surface area contributed by atoms with Crippen molar-refractivity contribution in [2.45, 2.75) is 37.4 Å². The Hall–Kier alpha value is -1.64. The maximum absolute atomic E-state index is 12.6. The van der Waals surface area contributed by atoms with Crippen molar-refractivity contribution in [3.05, 3.63) is 35.9 Å². The van der Waals surface area contributed by atoms with Crippen molar-refractivity contribution in [3.63, 3.8) is 0 Å². The maximum Gasteiger partial charge on any atom is 0.315 e. The fraction of sp³-hybridized carbons (Fsp3) is 0.650. The molecule has 0 bridgehead atoms. The van der Waals surface area contributed by atoms with Crippen LogP contribution in [-0.2, 0) is 9.84 Å². The number of amides is 2. The van der Waals surface area contributed by atoms with Crippen molar-refractivity contribution in [2.75, 3.05) is 45.2 Å². The van der Waals surface area contributed by atoms with Gasteiger partial charge in [-0.15, -0.1) is 0 Å². The summed E-state index contributed by atoms with van der Waals surface area (Å²) < 4.78 is 23.3. The van der Waals surface area contributed by atoms with E-state index in [0.29, 0.717) is 12.5 Å². The maximum atomic E-state index is 12.6. The number of likely N-dealkylation sites (N-methyl/N-ethyl adjacent to an activating group) is 1. The Labute approximate surface area is 168 Å². The summed E-state index contributed by atoms with van der Waals surface area (Å²) in [5.74, 6) is 0.185. The molecule has 2 aliphatic heterocycles. The number of rotatable bonds is 6. The minimum absolute atomic E-state index is 0.0336. The summed E-state index contributed by atoms with van der Waals surface area (Å²) >= 11 is 0. The summed E-state index contributed by atoms with van der Waals surface area (Å²) in [6.45, 7) is 2.90. The molecule has 2 atom stereocenters. The van der Waals surface area contributed by atoms with E-state index in [-0.39, 0.29) is 29.6 Å². The van der Waals surface area contributed by atoms with Crippen LogP contribution >= 0.6 is 0 Å². The normalized spacial score (nSPS) is 24.2. The number of hydrogen-bond acceptors (Lipinski definition) is 5. The monoisotopic (exact) mass is 408 g/mol. The molecule has 7 nitrogen and oxygen atoms in total. The third kappa shape index (κ3) is 5.93. The number of likely N-dealkylation sites (tertiary alicyclic amines) is 1. The fourth-order valence-corrected chi connectivity index (χ4v) is 5.76. The molecule has 2 N–H and O–H groups in total. The molecule has 3 rings (SSSR count). The lowest BCUT2D eigenvalue weighted by atomic mass is 10.0. The quantitative estimate of drug-likeness (QED) is 0.740. The van der Waals surface area contributed by atoms with Gasteiger partial charge in [-0.3, -0.25) is 0 Å². The first kappa shape index (κ1) is 21.1. The molecule has 0 unspecified atom stereocenters. The molecule has 156 valence electrons. The molecular weight excluding hydrogens is 376 g/mol. The van der Waals surface area contributed by atoms with Crippen molar-refractivity contribution in [1.82, 2.24) is 20.4 Å². The van der Waals surface area contributed by atoms with Crippen molar-refractivity contribution in [1.29, 1.82) is 0 Å². The predicted octanol–water partition coefficient (Wildman–Crippen LogP) is 1.24. The molecule has 2 saturated heterocycles. The average Bonchev–Trinajstić information content (AvgIpc) is 3.00. The molecule has 0 aromatic heterocycles. The van der Waals surface area contributed by atoms with Gasteiger partial charge in [0, 0.05) is 18.6 Å². The molecule has 8 heteroatoms. The zero-order valence-electron chi connectivity index (χ0n) is 16.8. The van der Waals surface area contributed by atoms with Gasteiger partial charge in [0.25, 0.3) is 0 Å². The van der Waals surface area contributed by atoms with Crippen LogP contribution in [0.2, 0.25) is 0 Å². The van der Waals surface area contributed by atoms with E-state index in [1.165, 1.54) is 0 Å². The van der Waals surface area contributed by atoms with Gasteiger partial charge in [0.1, 0.15) is 0 Å². The van der Waals surface area contributed by atoms with Crippen LogP contribution in [0.5, 0.6) is 0 Å². The van der Waals surface area contributed by atoms with E-state index >= 15 is 0 Å². The summed E-state index contributed by atoms with van der Waals surface area (Å²) in [5, 5.41) is 5.91. The van der Waals surface area contributed by atoms with Gasteiger partial charge in [-0.1, -0.05) is 30.3 Å². The summed E-state index contributed by atoms with van der Waals surface area (Å²) in [5.41, 5.74) is 1.05. The number of sulfone groups is 1. The number of nitrogens with zero attached hydrogens (tertiary/aromatic N) is 2. The largest absolute Gasteiger partial charge is 0.334 e. The zero-order valence-corrected chi connectivity index (χ0v) is 17.6. The van der Waals surface area contributed by atoms with Crippen molar-refractivity contribution in [3.8, 4) is 0 Å². The Balaban J connectivity index is 1.61. The van der Waals surface area contributed by atoms with Gasteiger partial charge in [-0.05, 0) is 52.0 Å². The number of benzene rings is 1. The molecule has 1 aromatic carbocycles. The number of piperidine rings is 1. The van der Waals surface area contributed by atoms with E-state index < -0.39 is 9.84 Å². The first-order chi connectivity index (χ1) is 13.3. The first-order valence-electron chi connectivity index (χ1n) is 10.0. The number of urea groups is 1. The summed E-state index contributed by atoms with van der Waals surface area (Å²) in [6, 6.07) is 9.71. The molecule has 2 fully saturated rings. The lowest BCUT2D eigenvalue weighted by Gasteiger charge is -2.37. The van der Waals surface area contributed by atoms with Crippen LogP contribution in [0.1, 0.15) is 30.9 Å². The van der Waals surface area contributed by atoms with E-state index in [0.717, 1.165) is 38.0 Å². The molecule has 1 aromatic rings. The zero-order chi connectivity index (χ0) is 20.1.